The molecule has 0 radical (unpaired) electrons. The predicted molar refractivity (Wildman–Crippen MR) is 104 cm³/mol. The molecule has 0 spiro atoms. The van der Waals surface area contributed by atoms with E-state index in [1.807, 2.05) is 60.7 Å². The monoisotopic (exact) mass is 444 g/mol. The molecular formula is C20H14Br2O2. The average molecular weight is 446 g/mol. The molecule has 24 heavy (non-hydrogen) atoms. The van der Waals surface area contributed by atoms with E-state index in [1.165, 1.54) is 0 Å². The summed E-state index contributed by atoms with van der Waals surface area (Å²) in [5.41, 5.74) is 1.34. The van der Waals surface area contributed by atoms with Gasteiger partial charge in [0.2, 0.25) is 0 Å². The Kier molecular flexibility index (Phi) is 3.88. The normalized spacial score (nSPS) is 15.9. The van der Waals surface area contributed by atoms with Gasteiger partial charge in [0.05, 0.1) is 0 Å². The maximum Gasteiger partial charge on any atom is 0.194 e. The van der Waals surface area contributed by atoms with Gasteiger partial charge in [-0.25, -0.2) is 0 Å². The van der Waals surface area contributed by atoms with E-state index in [9.17, 15) is 10.2 Å². The van der Waals surface area contributed by atoms with E-state index in [0.29, 0.717) is 5.57 Å². The topological polar surface area (TPSA) is 40.5 Å². The highest BCUT2D eigenvalue weighted by Gasteiger charge is 2.34. The standard InChI is InChI=1S/C20H14Br2O2/c21-16-11-13-6-2-3-7-14(13)17(19(16)22)18-15-8-4-1-5-12(15)9-10-20(18,23)24/h1-9,11,23-24H,10H2. The SMILES string of the molecule is OC1(O)CC=c2ccccc2=C1c1c(Br)c(Br)cc2ccccc12. The lowest BCUT2D eigenvalue weighted by Crippen LogP contribution is -2.43. The van der Waals surface area contributed by atoms with E-state index in [2.05, 4.69) is 31.9 Å². The van der Waals surface area contributed by atoms with E-state index in [-0.39, 0.29) is 6.42 Å². The van der Waals surface area contributed by atoms with Crippen molar-refractivity contribution in [3.8, 4) is 0 Å². The molecule has 0 unspecified atom stereocenters. The molecule has 3 aromatic carbocycles. The van der Waals surface area contributed by atoms with Crippen molar-refractivity contribution in [2.45, 2.75) is 12.2 Å². The highest BCUT2D eigenvalue weighted by molar-refractivity contribution is 9.13. The number of halogens is 2. The summed E-state index contributed by atoms with van der Waals surface area (Å²) in [5.74, 6) is -1.92. The van der Waals surface area contributed by atoms with Gasteiger partial charge in [-0.1, -0.05) is 54.6 Å². The number of aliphatic hydroxyl groups is 2. The first kappa shape index (κ1) is 16.0. The summed E-state index contributed by atoms with van der Waals surface area (Å²) >= 11 is 7.22. The first-order valence-corrected chi connectivity index (χ1v) is 9.19. The molecule has 3 aromatic rings. The van der Waals surface area contributed by atoms with Crippen LogP contribution in [0, 0.1) is 0 Å². The van der Waals surface area contributed by atoms with Gasteiger partial charge in [0.25, 0.3) is 0 Å². The molecule has 0 saturated heterocycles. The third kappa shape index (κ3) is 2.45. The molecule has 4 rings (SSSR count). The largest absolute Gasteiger partial charge is 0.362 e. The summed E-state index contributed by atoms with van der Waals surface area (Å²) < 4.78 is 1.70. The molecule has 0 atom stereocenters. The minimum atomic E-state index is -1.92. The first-order chi connectivity index (χ1) is 11.5. The van der Waals surface area contributed by atoms with Crippen molar-refractivity contribution in [3.05, 3.63) is 79.5 Å². The molecule has 4 heteroatoms. The van der Waals surface area contributed by atoms with Crippen LogP contribution in [0.15, 0.2) is 63.5 Å². The number of hydrogen-bond acceptors (Lipinski definition) is 2. The Hall–Kier alpha value is -1.46. The highest BCUT2D eigenvalue weighted by atomic mass is 79.9. The summed E-state index contributed by atoms with van der Waals surface area (Å²) in [6.07, 6.45) is 2.03. The maximum absolute atomic E-state index is 10.8. The van der Waals surface area contributed by atoms with E-state index in [4.69, 9.17) is 0 Å². The summed E-state index contributed by atoms with van der Waals surface area (Å²) in [4.78, 5) is 0. The molecule has 0 heterocycles. The van der Waals surface area contributed by atoms with Gasteiger partial charge in [-0.15, -0.1) is 0 Å². The van der Waals surface area contributed by atoms with Crippen molar-refractivity contribution in [2.75, 3.05) is 0 Å². The number of rotatable bonds is 1. The lowest BCUT2D eigenvalue weighted by atomic mass is 9.86. The lowest BCUT2D eigenvalue weighted by molar-refractivity contribution is -0.103. The van der Waals surface area contributed by atoms with Crippen LogP contribution in [0.2, 0.25) is 0 Å². The summed E-state index contributed by atoms with van der Waals surface area (Å²) in [5, 5.41) is 25.4. The molecule has 0 fully saturated rings. The van der Waals surface area contributed by atoms with Gasteiger partial charge in [0, 0.05) is 26.5 Å². The van der Waals surface area contributed by atoms with Crippen LogP contribution in [0.5, 0.6) is 0 Å². The van der Waals surface area contributed by atoms with Crippen molar-refractivity contribution in [2.24, 2.45) is 0 Å². The van der Waals surface area contributed by atoms with E-state index in [1.54, 1.807) is 0 Å². The third-order valence-corrected chi connectivity index (χ3v) is 6.41. The Morgan fingerprint density at radius 3 is 2.46 bits per heavy atom. The quantitative estimate of drug-likeness (QED) is 0.563. The zero-order valence-corrected chi connectivity index (χ0v) is 15.8. The summed E-state index contributed by atoms with van der Waals surface area (Å²) in [7, 11) is 0. The van der Waals surface area contributed by atoms with E-state index < -0.39 is 5.79 Å². The molecule has 2 N–H and O–H groups in total. The second-order valence-electron chi connectivity index (χ2n) is 5.96. The Bertz CT molecular complexity index is 1080. The van der Waals surface area contributed by atoms with Gasteiger partial charge >= 0.3 is 0 Å². The first-order valence-electron chi connectivity index (χ1n) is 7.61. The molecule has 1 aliphatic rings. The van der Waals surface area contributed by atoms with Gasteiger partial charge in [0.1, 0.15) is 0 Å². The van der Waals surface area contributed by atoms with Gasteiger partial charge in [0.15, 0.2) is 5.79 Å². The number of benzene rings is 3. The van der Waals surface area contributed by atoms with Crippen LogP contribution in [0.4, 0.5) is 0 Å². The van der Waals surface area contributed by atoms with Crippen molar-refractivity contribution in [1.82, 2.24) is 0 Å². The molecule has 1 aliphatic carbocycles. The zero-order chi connectivity index (χ0) is 16.9. The molecular weight excluding hydrogens is 432 g/mol. The molecule has 0 aromatic heterocycles. The van der Waals surface area contributed by atoms with Crippen LogP contribution < -0.4 is 10.4 Å². The summed E-state index contributed by atoms with van der Waals surface area (Å²) in [6, 6.07) is 17.8. The minimum absolute atomic E-state index is 0.159. The summed E-state index contributed by atoms with van der Waals surface area (Å²) in [6.45, 7) is 0. The zero-order valence-electron chi connectivity index (χ0n) is 12.6. The Morgan fingerprint density at radius 1 is 0.917 bits per heavy atom. The van der Waals surface area contributed by atoms with E-state index >= 15 is 0 Å². The van der Waals surface area contributed by atoms with Crippen molar-refractivity contribution in [1.29, 1.82) is 0 Å². The van der Waals surface area contributed by atoms with Crippen LogP contribution in [0.1, 0.15) is 12.0 Å². The van der Waals surface area contributed by atoms with E-state index in [0.717, 1.165) is 35.7 Å². The molecule has 2 nitrogen and oxygen atoms in total. The van der Waals surface area contributed by atoms with Crippen molar-refractivity contribution < 1.29 is 10.2 Å². The predicted octanol–water partition coefficient (Wildman–Crippen LogP) is 3.43. The maximum atomic E-state index is 10.8. The van der Waals surface area contributed by atoms with Crippen molar-refractivity contribution in [3.63, 3.8) is 0 Å². The fraction of sp³-hybridized carbons (Fsp3) is 0.100. The molecule has 0 saturated carbocycles. The average Bonchev–Trinajstić information content (AvgIpc) is 2.57. The molecule has 0 aliphatic heterocycles. The van der Waals surface area contributed by atoms with Crippen LogP contribution in [0.3, 0.4) is 0 Å². The Morgan fingerprint density at radius 2 is 1.62 bits per heavy atom. The smallest absolute Gasteiger partial charge is 0.194 e. The lowest BCUT2D eigenvalue weighted by Gasteiger charge is -2.29. The fourth-order valence-corrected chi connectivity index (χ4v) is 4.31. The third-order valence-electron chi connectivity index (χ3n) is 4.43. The molecule has 0 amide bonds. The molecule has 120 valence electrons. The molecule has 0 bridgehead atoms. The van der Waals surface area contributed by atoms with Gasteiger partial charge in [-0.2, -0.15) is 0 Å². The minimum Gasteiger partial charge on any atom is -0.362 e. The highest BCUT2D eigenvalue weighted by Crippen LogP contribution is 2.41. The second-order valence-corrected chi connectivity index (χ2v) is 7.60. The fourth-order valence-electron chi connectivity index (χ4n) is 3.34. The Labute approximate surface area is 156 Å². The van der Waals surface area contributed by atoms with Gasteiger partial charge in [-0.05, 0) is 59.1 Å². The van der Waals surface area contributed by atoms with Crippen LogP contribution in [-0.4, -0.2) is 16.0 Å². The number of hydrogen-bond donors (Lipinski definition) is 2. The van der Waals surface area contributed by atoms with Crippen LogP contribution >= 0.6 is 31.9 Å². The van der Waals surface area contributed by atoms with Gasteiger partial charge < -0.3 is 10.2 Å². The van der Waals surface area contributed by atoms with Crippen LogP contribution in [0.25, 0.3) is 22.4 Å². The second kappa shape index (κ2) is 5.81. The van der Waals surface area contributed by atoms with Gasteiger partial charge in [-0.3, -0.25) is 0 Å². The van der Waals surface area contributed by atoms with Crippen molar-refractivity contribution >= 4 is 54.3 Å². The Balaban J connectivity index is 2.26. The number of fused-ring (bicyclic) bond motifs is 2. The van der Waals surface area contributed by atoms with Crippen LogP contribution in [-0.2, 0) is 0 Å².